The first-order valence-electron chi connectivity index (χ1n) is 5.85. The summed E-state index contributed by atoms with van der Waals surface area (Å²) in [4.78, 5) is 16.5. The molecule has 0 atom stereocenters. The van der Waals surface area contributed by atoms with Crippen molar-refractivity contribution in [1.29, 1.82) is 0 Å². The Bertz CT molecular complexity index is 356. The predicted octanol–water partition coefficient (Wildman–Crippen LogP) is 1.28. The van der Waals surface area contributed by atoms with Gasteiger partial charge in [-0.1, -0.05) is 6.92 Å². The largest absolute Gasteiger partial charge is 0.340 e. The van der Waals surface area contributed by atoms with Crippen LogP contribution in [0.15, 0.2) is 12.1 Å². The van der Waals surface area contributed by atoms with E-state index in [0.717, 1.165) is 32.6 Å². The van der Waals surface area contributed by atoms with Crippen LogP contribution in [0.3, 0.4) is 0 Å². The van der Waals surface area contributed by atoms with E-state index in [1.54, 1.807) is 11.3 Å². The first-order valence-corrected chi connectivity index (χ1v) is 6.67. The number of rotatable bonds is 3. The number of aryl methyl sites for hydroxylation is 1. The summed E-state index contributed by atoms with van der Waals surface area (Å²) in [5.41, 5.74) is 0. The molecule has 0 radical (unpaired) electrons. The Hall–Kier alpha value is -0.870. The summed E-state index contributed by atoms with van der Waals surface area (Å²) in [7, 11) is 0. The maximum atomic E-state index is 12.0. The third kappa shape index (κ3) is 2.83. The van der Waals surface area contributed by atoms with E-state index in [-0.39, 0.29) is 5.91 Å². The van der Waals surface area contributed by atoms with Crippen molar-refractivity contribution in [3.8, 4) is 0 Å². The molecule has 1 aromatic heterocycles. The van der Waals surface area contributed by atoms with Gasteiger partial charge in [-0.15, -0.1) is 11.3 Å². The fraction of sp³-hybridized carbons (Fsp3) is 0.583. The molecule has 1 saturated heterocycles. The smallest absolute Gasteiger partial charge is 0.227 e. The maximum Gasteiger partial charge on any atom is 0.227 e. The average molecular weight is 238 g/mol. The average Bonchev–Trinajstić information content (AvgIpc) is 2.78. The lowest BCUT2D eigenvalue weighted by Crippen LogP contribution is -2.46. The monoisotopic (exact) mass is 238 g/mol. The molecule has 1 aromatic rings. The van der Waals surface area contributed by atoms with Crippen molar-refractivity contribution in [2.24, 2.45) is 0 Å². The highest BCUT2D eigenvalue weighted by atomic mass is 32.1. The Morgan fingerprint density at radius 2 is 2.06 bits per heavy atom. The Morgan fingerprint density at radius 3 is 2.69 bits per heavy atom. The van der Waals surface area contributed by atoms with Crippen LogP contribution in [0.5, 0.6) is 0 Å². The van der Waals surface area contributed by atoms with Gasteiger partial charge in [0.25, 0.3) is 0 Å². The van der Waals surface area contributed by atoms with Gasteiger partial charge in [0.2, 0.25) is 5.91 Å². The van der Waals surface area contributed by atoms with Crippen molar-refractivity contribution in [1.82, 2.24) is 10.2 Å². The molecule has 0 unspecified atom stereocenters. The molecule has 0 aromatic carbocycles. The van der Waals surface area contributed by atoms with E-state index < -0.39 is 0 Å². The number of amides is 1. The number of hydrogen-bond donors (Lipinski definition) is 1. The predicted molar refractivity (Wildman–Crippen MR) is 66.9 cm³/mol. The highest BCUT2D eigenvalue weighted by Gasteiger charge is 2.16. The van der Waals surface area contributed by atoms with Gasteiger partial charge < -0.3 is 10.2 Å². The molecule has 0 aliphatic carbocycles. The Balaban J connectivity index is 1.90. The SMILES string of the molecule is CCc1ccc(CC(=O)N2CCNCC2)s1. The molecule has 4 heteroatoms. The Kier molecular flexibility index (Phi) is 3.96. The standard InChI is InChI=1S/C12H18N2OS/c1-2-10-3-4-11(16-10)9-12(15)14-7-5-13-6-8-14/h3-4,13H,2,5-9H2,1H3. The van der Waals surface area contributed by atoms with E-state index in [0.29, 0.717) is 6.42 Å². The van der Waals surface area contributed by atoms with Crippen molar-refractivity contribution in [3.05, 3.63) is 21.9 Å². The van der Waals surface area contributed by atoms with Crippen LogP contribution < -0.4 is 5.32 Å². The molecule has 1 aliphatic rings. The lowest BCUT2D eigenvalue weighted by molar-refractivity contribution is -0.130. The highest BCUT2D eigenvalue weighted by molar-refractivity contribution is 7.12. The lowest BCUT2D eigenvalue weighted by Gasteiger charge is -2.27. The van der Waals surface area contributed by atoms with Gasteiger partial charge in [0.05, 0.1) is 6.42 Å². The second-order valence-electron chi connectivity index (χ2n) is 4.03. The van der Waals surface area contributed by atoms with Crippen LogP contribution in [0.25, 0.3) is 0 Å². The summed E-state index contributed by atoms with van der Waals surface area (Å²) in [6.07, 6.45) is 1.64. The topological polar surface area (TPSA) is 32.3 Å². The van der Waals surface area contributed by atoms with Crippen molar-refractivity contribution in [2.75, 3.05) is 26.2 Å². The number of nitrogens with one attached hydrogen (secondary N) is 1. The molecule has 0 bridgehead atoms. The van der Waals surface area contributed by atoms with Gasteiger partial charge >= 0.3 is 0 Å². The number of piperazine rings is 1. The molecule has 2 rings (SSSR count). The molecule has 0 spiro atoms. The van der Waals surface area contributed by atoms with E-state index in [2.05, 4.69) is 24.4 Å². The summed E-state index contributed by atoms with van der Waals surface area (Å²) < 4.78 is 0. The fourth-order valence-corrected chi connectivity index (χ4v) is 2.83. The fourth-order valence-electron chi connectivity index (χ4n) is 1.88. The molecule has 2 heterocycles. The van der Waals surface area contributed by atoms with Crippen LogP contribution in [-0.2, 0) is 17.6 Å². The molecule has 0 saturated carbocycles. The van der Waals surface area contributed by atoms with Crippen molar-refractivity contribution in [3.63, 3.8) is 0 Å². The number of carbonyl (C=O) groups is 1. The van der Waals surface area contributed by atoms with E-state index >= 15 is 0 Å². The van der Waals surface area contributed by atoms with Gasteiger partial charge in [-0.2, -0.15) is 0 Å². The second-order valence-corrected chi connectivity index (χ2v) is 5.28. The van der Waals surface area contributed by atoms with E-state index in [4.69, 9.17) is 0 Å². The van der Waals surface area contributed by atoms with Crippen LogP contribution in [0.1, 0.15) is 16.7 Å². The summed E-state index contributed by atoms with van der Waals surface area (Å²) in [5.74, 6) is 0.269. The van der Waals surface area contributed by atoms with Crippen molar-refractivity contribution < 1.29 is 4.79 Å². The molecule has 88 valence electrons. The third-order valence-corrected chi connectivity index (χ3v) is 4.09. The third-order valence-electron chi connectivity index (χ3n) is 2.86. The second kappa shape index (κ2) is 5.46. The highest BCUT2D eigenvalue weighted by Crippen LogP contribution is 2.18. The first-order chi connectivity index (χ1) is 7.79. The summed E-state index contributed by atoms with van der Waals surface area (Å²) in [6, 6.07) is 4.22. The maximum absolute atomic E-state index is 12.0. The van der Waals surface area contributed by atoms with Crippen LogP contribution >= 0.6 is 11.3 Å². The summed E-state index contributed by atoms with van der Waals surface area (Å²) in [6.45, 7) is 5.70. The molecular weight excluding hydrogens is 220 g/mol. The van der Waals surface area contributed by atoms with Crippen LogP contribution in [0.2, 0.25) is 0 Å². The molecule has 1 fully saturated rings. The summed E-state index contributed by atoms with van der Waals surface area (Å²) in [5, 5.41) is 3.26. The van der Waals surface area contributed by atoms with E-state index in [9.17, 15) is 4.79 Å². The van der Waals surface area contributed by atoms with E-state index in [1.165, 1.54) is 9.75 Å². The minimum Gasteiger partial charge on any atom is -0.340 e. The number of nitrogens with zero attached hydrogens (tertiary/aromatic N) is 1. The minimum absolute atomic E-state index is 0.269. The molecule has 1 N–H and O–H groups in total. The van der Waals surface area contributed by atoms with E-state index in [1.807, 2.05) is 4.90 Å². The normalized spacial score (nSPS) is 16.4. The zero-order valence-electron chi connectivity index (χ0n) is 9.66. The number of hydrogen-bond acceptors (Lipinski definition) is 3. The van der Waals surface area contributed by atoms with Crippen molar-refractivity contribution in [2.45, 2.75) is 19.8 Å². The van der Waals surface area contributed by atoms with Crippen LogP contribution in [-0.4, -0.2) is 37.0 Å². The van der Waals surface area contributed by atoms with Gasteiger partial charge in [0.1, 0.15) is 0 Å². The van der Waals surface area contributed by atoms with Crippen LogP contribution in [0.4, 0.5) is 0 Å². The zero-order chi connectivity index (χ0) is 11.4. The minimum atomic E-state index is 0.269. The molecule has 16 heavy (non-hydrogen) atoms. The van der Waals surface area contributed by atoms with Gasteiger partial charge in [0, 0.05) is 35.9 Å². The van der Waals surface area contributed by atoms with Gasteiger partial charge in [-0.3, -0.25) is 4.79 Å². The number of thiophene rings is 1. The van der Waals surface area contributed by atoms with Crippen LogP contribution in [0, 0.1) is 0 Å². The molecule has 1 amide bonds. The van der Waals surface area contributed by atoms with Gasteiger partial charge in [-0.25, -0.2) is 0 Å². The number of carbonyl (C=O) groups excluding carboxylic acids is 1. The molecule has 1 aliphatic heterocycles. The Morgan fingerprint density at radius 1 is 1.38 bits per heavy atom. The Labute approximate surface area is 100 Å². The lowest BCUT2D eigenvalue weighted by atomic mass is 10.2. The van der Waals surface area contributed by atoms with Gasteiger partial charge in [0.15, 0.2) is 0 Å². The summed E-state index contributed by atoms with van der Waals surface area (Å²) >= 11 is 1.76. The van der Waals surface area contributed by atoms with Gasteiger partial charge in [-0.05, 0) is 18.6 Å². The van der Waals surface area contributed by atoms with Crippen molar-refractivity contribution >= 4 is 17.2 Å². The quantitative estimate of drug-likeness (QED) is 0.860. The molecule has 3 nitrogen and oxygen atoms in total. The first kappa shape index (κ1) is 11.6. The zero-order valence-corrected chi connectivity index (χ0v) is 10.5. The molecular formula is C12H18N2OS.